The average molecular weight is 638 g/mol. The van der Waals surface area contributed by atoms with Gasteiger partial charge < -0.3 is 13.7 Å². The summed E-state index contributed by atoms with van der Waals surface area (Å²) in [7, 11) is -2.83. The zero-order chi connectivity index (χ0) is 25.0. The van der Waals surface area contributed by atoms with E-state index in [1.54, 1.807) is 13.0 Å². The van der Waals surface area contributed by atoms with Crippen LogP contribution in [-0.2, 0) is 24.4 Å². The second-order valence-corrected chi connectivity index (χ2v) is 10.7. The lowest BCUT2D eigenvalue weighted by atomic mass is 10.2. The molecule has 1 aliphatic heterocycles. The van der Waals surface area contributed by atoms with Gasteiger partial charge in [-0.2, -0.15) is 8.42 Å². The molecule has 0 spiro atoms. The fourth-order valence-electron chi connectivity index (χ4n) is 2.79. The Morgan fingerprint density at radius 1 is 1.21 bits per heavy atom. The quantitative estimate of drug-likeness (QED) is 0.181. The van der Waals surface area contributed by atoms with Crippen LogP contribution in [-0.4, -0.2) is 50.7 Å². The van der Waals surface area contributed by atoms with Crippen LogP contribution in [0.15, 0.2) is 46.2 Å². The van der Waals surface area contributed by atoms with E-state index in [-0.39, 0.29) is 27.9 Å². The van der Waals surface area contributed by atoms with Gasteiger partial charge in [-0.1, -0.05) is 11.6 Å². The number of carbonyl (C=O) groups excluding carboxylic acids is 3. The number of thioether (sulfide) groups is 1. The highest BCUT2D eigenvalue weighted by molar-refractivity contribution is 14.1. The second kappa shape index (κ2) is 11.0. The van der Waals surface area contributed by atoms with Crippen molar-refractivity contribution in [2.45, 2.75) is 11.8 Å². The Labute approximate surface area is 218 Å². The molecule has 34 heavy (non-hydrogen) atoms. The van der Waals surface area contributed by atoms with E-state index in [2.05, 4.69) is 0 Å². The van der Waals surface area contributed by atoms with E-state index < -0.39 is 33.8 Å². The maximum absolute atomic E-state index is 12.7. The van der Waals surface area contributed by atoms with Gasteiger partial charge in [0.25, 0.3) is 11.1 Å². The zero-order valence-electron chi connectivity index (χ0n) is 17.7. The van der Waals surface area contributed by atoms with Crippen molar-refractivity contribution >= 4 is 79.3 Å². The van der Waals surface area contributed by atoms with Crippen molar-refractivity contribution in [1.82, 2.24) is 4.90 Å². The minimum Gasteiger partial charge on any atom is -0.493 e. The van der Waals surface area contributed by atoms with Crippen LogP contribution in [0, 0.1) is 3.57 Å². The minimum absolute atomic E-state index is 0.0365. The van der Waals surface area contributed by atoms with Gasteiger partial charge in [0, 0.05) is 5.02 Å². The maximum Gasteiger partial charge on any atom is 0.339 e. The number of amides is 2. The van der Waals surface area contributed by atoms with Crippen LogP contribution < -0.4 is 8.92 Å². The van der Waals surface area contributed by atoms with Crippen LogP contribution in [0.25, 0.3) is 6.08 Å². The second-order valence-electron chi connectivity index (χ2n) is 6.60. The van der Waals surface area contributed by atoms with Crippen molar-refractivity contribution in [2.75, 3.05) is 20.3 Å². The Hall–Kier alpha value is -2.29. The van der Waals surface area contributed by atoms with Crippen LogP contribution in [0.5, 0.6) is 11.5 Å². The zero-order valence-corrected chi connectivity index (χ0v) is 22.3. The predicted octanol–water partition coefficient (Wildman–Crippen LogP) is 4.32. The summed E-state index contributed by atoms with van der Waals surface area (Å²) in [5.41, 5.74) is 0.458. The number of esters is 1. The van der Waals surface area contributed by atoms with Gasteiger partial charge in [0.2, 0.25) is 0 Å². The molecule has 0 unspecified atom stereocenters. The van der Waals surface area contributed by atoms with Crippen molar-refractivity contribution in [3.8, 4) is 11.5 Å². The fourth-order valence-corrected chi connectivity index (χ4v) is 5.59. The topological polar surface area (TPSA) is 116 Å². The molecular formula is C21H17ClINO8S2. The molecule has 0 saturated carbocycles. The molecule has 0 atom stereocenters. The summed E-state index contributed by atoms with van der Waals surface area (Å²) in [5, 5.41) is -0.220. The molecule has 9 nitrogen and oxygen atoms in total. The first-order valence-corrected chi connectivity index (χ1v) is 13.2. The van der Waals surface area contributed by atoms with Crippen molar-refractivity contribution in [3.05, 3.63) is 55.5 Å². The Bertz CT molecular complexity index is 1280. The molecule has 2 amide bonds. The summed E-state index contributed by atoms with van der Waals surface area (Å²) < 4.78 is 41.2. The lowest BCUT2D eigenvalue weighted by molar-refractivity contribution is -0.145. The summed E-state index contributed by atoms with van der Waals surface area (Å²) in [6.45, 7) is 1.27. The number of hydrogen-bond acceptors (Lipinski definition) is 9. The van der Waals surface area contributed by atoms with Crippen LogP contribution in [0.2, 0.25) is 5.02 Å². The normalized spacial score (nSPS) is 15.1. The van der Waals surface area contributed by atoms with E-state index in [0.717, 1.165) is 4.90 Å². The molecule has 1 fully saturated rings. The molecule has 0 aromatic heterocycles. The van der Waals surface area contributed by atoms with Crippen LogP contribution >= 0.6 is 46.0 Å². The van der Waals surface area contributed by atoms with Crippen molar-refractivity contribution in [3.63, 3.8) is 0 Å². The van der Waals surface area contributed by atoms with E-state index in [1.807, 2.05) is 22.6 Å². The lowest BCUT2D eigenvalue weighted by Crippen LogP contribution is -2.34. The average Bonchev–Trinajstić information content (AvgIpc) is 3.03. The standard InChI is InChI=1S/C21H17ClINO8S2/c1-3-31-18(25)11-24-20(26)17(33-21(24)27)10-12-8-15(23)19(16(9-12)30-2)32-34(28,29)14-6-4-13(22)5-7-14/h4-10H,3,11H2,1-2H3/b17-10-. The Morgan fingerprint density at radius 2 is 1.88 bits per heavy atom. The highest BCUT2D eigenvalue weighted by Gasteiger charge is 2.36. The molecule has 0 radical (unpaired) electrons. The van der Waals surface area contributed by atoms with Gasteiger partial charge in [0.15, 0.2) is 11.5 Å². The molecule has 1 heterocycles. The number of carbonyl (C=O) groups is 3. The highest BCUT2D eigenvalue weighted by atomic mass is 127. The van der Waals surface area contributed by atoms with Gasteiger partial charge in [-0.05, 0) is 89.3 Å². The van der Waals surface area contributed by atoms with Crippen LogP contribution in [0.4, 0.5) is 4.79 Å². The van der Waals surface area contributed by atoms with Crippen molar-refractivity contribution < 1.29 is 36.5 Å². The summed E-state index contributed by atoms with van der Waals surface area (Å²) in [6, 6.07) is 8.52. The molecule has 180 valence electrons. The molecule has 1 saturated heterocycles. The molecule has 13 heteroatoms. The minimum atomic E-state index is -4.17. The fraction of sp³-hybridized carbons (Fsp3) is 0.190. The Morgan fingerprint density at radius 3 is 2.50 bits per heavy atom. The van der Waals surface area contributed by atoms with Gasteiger partial charge in [0.05, 0.1) is 22.2 Å². The monoisotopic (exact) mass is 637 g/mol. The molecule has 1 aliphatic rings. The number of methoxy groups -OCH3 is 1. The number of halogens is 2. The number of imide groups is 1. The third-order valence-electron chi connectivity index (χ3n) is 4.31. The van der Waals surface area contributed by atoms with E-state index in [0.29, 0.717) is 25.9 Å². The summed E-state index contributed by atoms with van der Waals surface area (Å²) in [4.78, 5) is 37.2. The molecule has 3 rings (SSSR count). The van der Waals surface area contributed by atoms with E-state index >= 15 is 0 Å². The van der Waals surface area contributed by atoms with E-state index in [4.69, 9.17) is 25.3 Å². The third-order valence-corrected chi connectivity index (χ3v) is 7.51. The summed E-state index contributed by atoms with van der Waals surface area (Å²) in [6.07, 6.45) is 1.44. The number of nitrogens with zero attached hydrogens (tertiary/aromatic N) is 1. The van der Waals surface area contributed by atoms with Gasteiger partial charge in [-0.15, -0.1) is 0 Å². The first-order valence-electron chi connectivity index (χ1n) is 9.54. The summed E-state index contributed by atoms with van der Waals surface area (Å²) >= 11 is 8.37. The van der Waals surface area contributed by atoms with Crippen LogP contribution in [0.3, 0.4) is 0 Å². The number of hydrogen-bond donors (Lipinski definition) is 0. The number of ether oxygens (including phenoxy) is 2. The largest absolute Gasteiger partial charge is 0.493 e. The number of benzene rings is 2. The maximum atomic E-state index is 12.7. The smallest absolute Gasteiger partial charge is 0.339 e. The number of rotatable bonds is 8. The van der Waals surface area contributed by atoms with Crippen molar-refractivity contribution in [1.29, 1.82) is 0 Å². The van der Waals surface area contributed by atoms with Gasteiger partial charge >= 0.3 is 16.1 Å². The van der Waals surface area contributed by atoms with Crippen molar-refractivity contribution in [2.24, 2.45) is 0 Å². The summed E-state index contributed by atoms with van der Waals surface area (Å²) in [5.74, 6) is -1.26. The molecule has 2 aromatic carbocycles. The Kier molecular flexibility index (Phi) is 8.49. The Balaban J connectivity index is 1.88. The predicted molar refractivity (Wildman–Crippen MR) is 134 cm³/mol. The molecular weight excluding hydrogens is 621 g/mol. The molecule has 2 aromatic rings. The van der Waals surface area contributed by atoms with Gasteiger partial charge in [-0.25, -0.2) is 0 Å². The first kappa shape index (κ1) is 26.3. The SMILES string of the molecule is CCOC(=O)CN1C(=O)S/C(=C\c2cc(I)c(OS(=O)(=O)c3ccc(Cl)cc3)c(OC)c2)C1=O. The third kappa shape index (κ3) is 6.03. The van der Waals surface area contributed by atoms with E-state index in [1.165, 1.54) is 43.5 Å². The molecule has 0 bridgehead atoms. The van der Waals surface area contributed by atoms with E-state index in [9.17, 15) is 22.8 Å². The highest BCUT2D eigenvalue weighted by Crippen LogP contribution is 2.38. The van der Waals surface area contributed by atoms with Gasteiger partial charge in [-0.3, -0.25) is 19.3 Å². The van der Waals surface area contributed by atoms with Crippen LogP contribution in [0.1, 0.15) is 12.5 Å². The van der Waals surface area contributed by atoms with Gasteiger partial charge in [0.1, 0.15) is 11.4 Å². The molecule has 0 aliphatic carbocycles. The first-order chi connectivity index (χ1) is 16.1. The lowest BCUT2D eigenvalue weighted by Gasteiger charge is -2.14. The molecule has 0 N–H and O–H groups in total.